The Morgan fingerprint density at radius 3 is 2.63 bits per heavy atom. The summed E-state index contributed by atoms with van der Waals surface area (Å²) in [5, 5.41) is 11.6. The van der Waals surface area contributed by atoms with E-state index in [1.165, 1.54) is 16.7 Å². The average Bonchev–Trinajstić information content (AvgIpc) is 3.31. The molecule has 9 nitrogen and oxygen atoms in total. The van der Waals surface area contributed by atoms with Gasteiger partial charge < -0.3 is 5.32 Å². The first-order valence-corrected chi connectivity index (χ1v) is 9.59. The number of hydrogen-bond donors (Lipinski definition) is 1. The van der Waals surface area contributed by atoms with Crippen molar-refractivity contribution in [2.45, 2.75) is 46.2 Å². The highest BCUT2D eigenvalue weighted by atomic mass is 19.1. The van der Waals surface area contributed by atoms with Crippen LogP contribution in [0.4, 0.5) is 10.2 Å². The van der Waals surface area contributed by atoms with Gasteiger partial charge in [0.15, 0.2) is 5.52 Å². The van der Waals surface area contributed by atoms with Crippen molar-refractivity contribution in [3.63, 3.8) is 0 Å². The summed E-state index contributed by atoms with van der Waals surface area (Å²) in [6.07, 6.45) is 2.62. The molecule has 0 saturated carbocycles. The summed E-state index contributed by atoms with van der Waals surface area (Å²) in [4.78, 5) is 29.8. The van der Waals surface area contributed by atoms with Crippen LogP contribution in [0.1, 0.15) is 33.4 Å². The maximum atomic E-state index is 13.3. The second-order valence-corrected chi connectivity index (χ2v) is 8.04. The van der Waals surface area contributed by atoms with Crippen LogP contribution in [0, 0.1) is 5.82 Å². The lowest BCUT2D eigenvalue weighted by Crippen LogP contribution is -2.30. The Hall–Kier alpha value is -3.56. The van der Waals surface area contributed by atoms with E-state index in [2.05, 4.69) is 20.5 Å². The second-order valence-electron chi connectivity index (χ2n) is 8.04. The highest BCUT2D eigenvalue weighted by molar-refractivity contribution is 5.90. The average molecular weight is 411 g/mol. The van der Waals surface area contributed by atoms with Gasteiger partial charge in [-0.15, -0.1) is 0 Å². The Morgan fingerprint density at radius 1 is 1.23 bits per heavy atom. The molecular weight excluding hydrogens is 389 g/mol. The maximum Gasteiger partial charge on any atom is 0.280 e. The van der Waals surface area contributed by atoms with Crippen LogP contribution in [0.5, 0.6) is 0 Å². The number of rotatable bonds is 4. The number of carbonyl (C=O) groups excluding carboxylic acids is 1. The van der Waals surface area contributed by atoms with Gasteiger partial charge in [-0.3, -0.25) is 18.8 Å². The maximum absolute atomic E-state index is 13.3. The molecule has 4 rings (SSSR count). The molecule has 0 bridgehead atoms. The minimum absolute atomic E-state index is 0.203. The third-order valence-electron chi connectivity index (χ3n) is 4.83. The van der Waals surface area contributed by atoms with E-state index in [1.807, 2.05) is 33.8 Å². The number of hydrogen-bond acceptors (Lipinski definition) is 5. The van der Waals surface area contributed by atoms with Gasteiger partial charge in [-0.2, -0.15) is 10.2 Å². The first-order valence-electron chi connectivity index (χ1n) is 9.59. The van der Waals surface area contributed by atoms with Gasteiger partial charge in [-0.1, -0.05) is 20.8 Å². The molecule has 156 valence electrons. The lowest BCUT2D eigenvalue weighted by Gasteiger charge is -2.13. The highest BCUT2D eigenvalue weighted by Crippen LogP contribution is 2.24. The van der Waals surface area contributed by atoms with Crippen LogP contribution in [0.2, 0.25) is 0 Å². The molecule has 0 saturated heterocycles. The molecule has 0 unspecified atom stereocenters. The van der Waals surface area contributed by atoms with E-state index >= 15 is 0 Å². The topological polar surface area (TPSA) is 99.1 Å². The molecule has 1 amide bonds. The number of fused-ring (bicyclic) bond motifs is 3. The minimum Gasteiger partial charge on any atom is -0.309 e. The van der Waals surface area contributed by atoms with Crippen molar-refractivity contribution >= 4 is 28.4 Å². The molecule has 4 aromatic rings. The molecule has 0 aliphatic rings. The summed E-state index contributed by atoms with van der Waals surface area (Å²) < 4.78 is 17.7. The van der Waals surface area contributed by atoms with Gasteiger partial charge in [-0.25, -0.2) is 13.9 Å². The molecule has 0 spiro atoms. The summed E-state index contributed by atoms with van der Waals surface area (Å²) in [7, 11) is 0. The van der Waals surface area contributed by atoms with Crippen LogP contribution in [0.3, 0.4) is 0 Å². The number of pyridine rings is 1. The first kappa shape index (κ1) is 19.7. The van der Waals surface area contributed by atoms with E-state index < -0.39 is 11.7 Å². The van der Waals surface area contributed by atoms with E-state index in [-0.39, 0.29) is 23.3 Å². The predicted molar refractivity (Wildman–Crippen MR) is 110 cm³/mol. The molecule has 4 heterocycles. The Labute approximate surface area is 171 Å². The van der Waals surface area contributed by atoms with Gasteiger partial charge in [0, 0.05) is 18.0 Å². The van der Waals surface area contributed by atoms with Crippen LogP contribution in [-0.4, -0.2) is 34.9 Å². The molecule has 10 heteroatoms. The summed E-state index contributed by atoms with van der Waals surface area (Å²) in [5.41, 5.74) is 1.66. The fourth-order valence-electron chi connectivity index (χ4n) is 3.26. The third-order valence-corrected chi connectivity index (χ3v) is 4.83. The molecular formula is C20H22FN7O2. The van der Waals surface area contributed by atoms with Crippen molar-refractivity contribution in [3.8, 4) is 0 Å². The number of nitrogens with zero attached hydrogens (tertiary/aromatic N) is 6. The fraction of sp³-hybridized carbons (Fsp3) is 0.350. The van der Waals surface area contributed by atoms with Crippen LogP contribution in [0.15, 0.2) is 35.4 Å². The number of carbonyl (C=O) groups is 1. The SMILES string of the molecule is CCn1ncc2c1c(=O)n(CC(=O)Nc1ccc(F)cn1)c1cc(C(C)(C)C)nn21. The molecule has 4 aromatic heterocycles. The van der Waals surface area contributed by atoms with Crippen LogP contribution >= 0.6 is 0 Å². The first-order chi connectivity index (χ1) is 14.2. The molecule has 0 aromatic carbocycles. The van der Waals surface area contributed by atoms with Crippen LogP contribution in [-0.2, 0) is 23.3 Å². The zero-order valence-corrected chi connectivity index (χ0v) is 17.2. The summed E-state index contributed by atoms with van der Waals surface area (Å²) in [6.45, 7) is 8.21. The summed E-state index contributed by atoms with van der Waals surface area (Å²) >= 11 is 0. The van der Waals surface area contributed by atoms with Crippen molar-refractivity contribution < 1.29 is 9.18 Å². The zero-order chi connectivity index (χ0) is 21.6. The van der Waals surface area contributed by atoms with E-state index in [9.17, 15) is 14.0 Å². The number of halogens is 1. The van der Waals surface area contributed by atoms with Crippen molar-refractivity contribution in [1.82, 2.24) is 28.9 Å². The normalized spacial score (nSPS) is 12.0. The molecule has 0 fully saturated rings. The monoisotopic (exact) mass is 411 g/mol. The predicted octanol–water partition coefficient (Wildman–Crippen LogP) is 2.34. The van der Waals surface area contributed by atoms with Gasteiger partial charge >= 0.3 is 0 Å². The summed E-state index contributed by atoms with van der Waals surface area (Å²) in [5.74, 6) is -0.759. The number of nitrogens with one attached hydrogen (secondary N) is 1. The number of anilines is 1. The van der Waals surface area contributed by atoms with Crippen LogP contribution < -0.4 is 10.9 Å². The van der Waals surface area contributed by atoms with Crippen molar-refractivity contribution in [2.24, 2.45) is 0 Å². The molecule has 1 N–H and O–H groups in total. The highest BCUT2D eigenvalue weighted by Gasteiger charge is 2.23. The van der Waals surface area contributed by atoms with Crippen LogP contribution in [0.25, 0.3) is 16.7 Å². The van der Waals surface area contributed by atoms with Gasteiger partial charge in [0.1, 0.15) is 29.3 Å². The van der Waals surface area contributed by atoms with E-state index in [4.69, 9.17) is 0 Å². The minimum atomic E-state index is -0.502. The van der Waals surface area contributed by atoms with Gasteiger partial charge in [-0.05, 0) is 19.1 Å². The molecule has 0 aliphatic carbocycles. The third kappa shape index (κ3) is 3.34. The Balaban J connectivity index is 1.84. The smallest absolute Gasteiger partial charge is 0.280 e. The van der Waals surface area contributed by atoms with Crippen molar-refractivity contribution in [3.05, 3.63) is 52.5 Å². The van der Waals surface area contributed by atoms with E-state index in [1.54, 1.807) is 15.4 Å². The molecule has 30 heavy (non-hydrogen) atoms. The number of aryl methyl sites for hydroxylation is 1. The second kappa shape index (κ2) is 7.05. The quantitative estimate of drug-likeness (QED) is 0.556. The lowest BCUT2D eigenvalue weighted by atomic mass is 9.93. The van der Waals surface area contributed by atoms with Crippen molar-refractivity contribution in [1.29, 1.82) is 0 Å². The van der Waals surface area contributed by atoms with Crippen molar-refractivity contribution in [2.75, 3.05) is 5.32 Å². The van der Waals surface area contributed by atoms with Gasteiger partial charge in [0.2, 0.25) is 5.91 Å². The molecule has 0 aliphatic heterocycles. The standard InChI is InChI=1S/C20H22FN7O2/c1-5-27-18-13(10-23-27)28-17(8-14(25-28)20(2,3)4)26(19(18)30)11-16(29)24-15-7-6-12(21)9-22-15/h6-10H,5,11H2,1-4H3,(H,22,24,29). The Morgan fingerprint density at radius 2 is 2.00 bits per heavy atom. The molecule has 0 radical (unpaired) electrons. The largest absolute Gasteiger partial charge is 0.309 e. The van der Waals surface area contributed by atoms with Gasteiger partial charge in [0.25, 0.3) is 5.56 Å². The zero-order valence-electron chi connectivity index (χ0n) is 17.2. The number of amides is 1. The molecule has 0 atom stereocenters. The lowest BCUT2D eigenvalue weighted by molar-refractivity contribution is -0.116. The number of aromatic nitrogens is 6. The fourth-order valence-corrected chi connectivity index (χ4v) is 3.26. The van der Waals surface area contributed by atoms with E-state index in [0.717, 1.165) is 11.9 Å². The Kier molecular flexibility index (Phi) is 4.64. The van der Waals surface area contributed by atoms with Gasteiger partial charge in [0.05, 0.1) is 18.1 Å². The summed E-state index contributed by atoms with van der Waals surface area (Å²) in [6, 6.07) is 4.37. The Bertz CT molecular complexity index is 1310. The van der Waals surface area contributed by atoms with E-state index in [0.29, 0.717) is 23.2 Å².